The van der Waals surface area contributed by atoms with E-state index in [-0.39, 0.29) is 0 Å². The Balaban J connectivity index is 2.18. The van der Waals surface area contributed by atoms with E-state index < -0.39 is 5.60 Å². The third-order valence-corrected chi connectivity index (χ3v) is 2.36. The quantitative estimate of drug-likeness (QED) is 0.727. The smallest absolute Gasteiger partial charge is 0.126 e. The molecule has 0 aromatic carbocycles. The van der Waals surface area contributed by atoms with Crippen molar-refractivity contribution in [3.63, 3.8) is 0 Å². The molecule has 2 heteroatoms. The minimum atomic E-state index is -0.521. The number of rotatable bonds is 2. The fourth-order valence-corrected chi connectivity index (χ4v) is 1.23. The molecule has 0 amide bonds. The van der Waals surface area contributed by atoms with Crippen molar-refractivity contribution in [2.45, 2.75) is 25.4 Å². The van der Waals surface area contributed by atoms with Crippen molar-refractivity contribution in [2.75, 3.05) is 0 Å². The fraction of sp³-hybridized carbons (Fsp3) is 0.400. The largest absolute Gasteiger partial charge is 0.465 e. The Morgan fingerprint density at radius 2 is 2.42 bits per heavy atom. The monoisotopic (exact) mass is 164 g/mol. The van der Waals surface area contributed by atoms with Gasteiger partial charge in [-0.2, -0.15) is 0 Å². The summed E-state index contributed by atoms with van der Waals surface area (Å²) in [5.41, 5.74) is 0.477. The van der Waals surface area contributed by atoms with E-state index in [4.69, 9.17) is 4.42 Å². The van der Waals surface area contributed by atoms with Crippen LogP contribution in [0.1, 0.15) is 25.5 Å². The predicted molar refractivity (Wildman–Crippen MR) is 46.5 cm³/mol. The van der Waals surface area contributed by atoms with E-state index in [0.29, 0.717) is 0 Å². The average Bonchev–Trinajstić information content (AvgIpc) is 2.63. The molecule has 1 aliphatic rings. The maximum absolute atomic E-state index is 9.69. The van der Waals surface area contributed by atoms with Crippen LogP contribution in [-0.2, 0) is 0 Å². The molecule has 0 bridgehead atoms. The number of hydrogen-bond acceptors (Lipinski definition) is 2. The van der Waals surface area contributed by atoms with Crippen LogP contribution in [0.15, 0.2) is 28.4 Å². The first-order valence-corrected chi connectivity index (χ1v) is 4.15. The van der Waals surface area contributed by atoms with E-state index in [1.54, 1.807) is 6.26 Å². The summed E-state index contributed by atoms with van der Waals surface area (Å²) >= 11 is 0. The maximum atomic E-state index is 9.69. The van der Waals surface area contributed by atoms with Crippen molar-refractivity contribution < 1.29 is 9.52 Å². The average molecular weight is 164 g/mol. The molecule has 2 nitrogen and oxygen atoms in total. The van der Waals surface area contributed by atoms with E-state index in [1.165, 1.54) is 0 Å². The summed E-state index contributed by atoms with van der Waals surface area (Å²) in [6.45, 7) is 1.94. The van der Waals surface area contributed by atoms with E-state index in [2.05, 4.69) is 0 Å². The molecule has 1 fully saturated rings. The molecule has 1 N–H and O–H groups in total. The van der Waals surface area contributed by atoms with E-state index in [1.807, 2.05) is 25.1 Å². The predicted octanol–water partition coefficient (Wildman–Crippen LogP) is 2.21. The van der Waals surface area contributed by atoms with Crippen LogP contribution in [0.2, 0.25) is 0 Å². The van der Waals surface area contributed by atoms with Crippen LogP contribution >= 0.6 is 0 Å². The summed E-state index contributed by atoms with van der Waals surface area (Å²) in [4.78, 5) is 0. The highest BCUT2D eigenvalue weighted by Gasteiger charge is 2.41. The maximum Gasteiger partial charge on any atom is 0.126 e. The highest BCUT2D eigenvalue weighted by molar-refractivity contribution is 5.51. The minimum Gasteiger partial charge on any atom is -0.465 e. The van der Waals surface area contributed by atoms with Crippen molar-refractivity contribution in [2.24, 2.45) is 0 Å². The Kier molecular flexibility index (Phi) is 1.58. The molecule has 2 rings (SSSR count). The molecule has 0 spiro atoms. The summed E-state index contributed by atoms with van der Waals surface area (Å²) in [6.07, 6.45) is 5.30. The van der Waals surface area contributed by atoms with Crippen LogP contribution < -0.4 is 0 Å². The van der Waals surface area contributed by atoms with Crippen LogP contribution in [0, 0.1) is 0 Å². The zero-order valence-electron chi connectivity index (χ0n) is 7.08. The molecule has 0 aliphatic heterocycles. The summed E-state index contributed by atoms with van der Waals surface area (Å²) < 4.78 is 5.14. The van der Waals surface area contributed by atoms with Crippen molar-refractivity contribution in [3.8, 4) is 0 Å². The number of aliphatic hydroxyl groups is 1. The molecular weight excluding hydrogens is 152 g/mol. The first-order valence-electron chi connectivity index (χ1n) is 4.15. The van der Waals surface area contributed by atoms with Gasteiger partial charge in [-0.25, -0.2) is 0 Å². The van der Waals surface area contributed by atoms with Crippen molar-refractivity contribution in [3.05, 3.63) is 29.7 Å². The number of hydrogen-bond donors (Lipinski definition) is 1. The first kappa shape index (κ1) is 7.62. The normalized spacial score (nSPS) is 21.0. The minimum absolute atomic E-state index is 0.521. The highest BCUT2D eigenvalue weighted by Crippen LogP contribution is 2.42. The molecule has 12 heavy (non-hydrogen) atoms. The second kappa shape index (κ2) is 2.49. The van der Waals surface area contributed by atoms with Gasteiger partial charge in [-0.15, -0.1) is 0 Å². The Morgan fingerprint density at radius 1 is 1.67 bits per heavy atom. The SMILES string of the molecule is C/C(=C/c1ccco1)C1(O)CC1. The van der Waals surface area contributed by atoms with E-state index in [9.17, 15) is 5.11 Å². The Morgan fingerprint density at radius 3 is 2.92 bits per heavy atom. The van der Waals surface area contributed by atoms with Gasteiger partial charge in [0.25, 0.3) is 0 Å². The van der Waals surface area contributed by atoms with Crippen LogP contribution in [0.25, 0.3) is 6.08 Å². The third-order valence-electron chi connectivity index (χ3n) is 2.36. The Hall–Kier alpha value is -1.02. The van der Waals surface area contributed by atoms with Crippen LogP contribution in [0.3, 0.4) is 0 Å². The second-order valence-corrected chi connectivity index (χ2v) is 3.37. The summed E-state index contributed by atoms with van der Waals surface area (Å²) in [5.74, 6) is 0.813. The molecule has 64 valence electrons. The zero-order chi connectivity index (χ0) is 8.60. The molecule has 0 unspecified atom stereocenters. The molecule has 1 saturated carbocycles. The lowest BCUT2D eigenvalue weighted by Crippen LogP contribution is -2.07. The molecule has 0 radical (unpaired) electrons. The molecular formula is C10H12O2. The highest BCUT2D eigenvalue weighted by atomic mass is 16.3. The lowest BCUT2D eigenvalue weighted by atomic mass is 10.1. The van der Waals surface area contributed by atoms with Gasteiger partial charge in [-0.1, -0.05) is 0 Å². The lowest BCUT2D eigenvalue weighted by molar-refractivity contribution is 0.190. The van der Waals surface area contributed by atoms with Crippen molar-refractivity contribution >= 4 is 6.08 Å². The van der Waals surface area contributed by atoms with Gasteiger partial charge < -0.3 is 9.52 Å². The number of furan rings is 1. The first-order chi connectivity index (χ1) is 5.71. The zero-order valence-corrected chi connectivity index (χ0v) is 7.08. The van der Waals surface area contributed by atoms with Crippen molar-refractivity contribution in [1.29, 1.82) is 0 Å². The van der Waals surface area contributed by atoms with Gasteiger partial charge in [-0.05, 0) is 43.5 Å². The third kappa shape index (κ3) is 1.30. The molecule has 0 saturated heterocycles. The Bertz CT molecular complexity index is 292. The van der Waals surface area contributed by atoms with Crippen molar-refractivity contribution in [1.82, 2.24) is 0 Å². The fourth-order valence-electron chi connectivity index (χ4n) is 1.23. The van der Waals surface area contributed by atoms with E-state index in [0.717, 1.165) is 24.2 Å². The van der Waals surface area contributed by atoms with Gasteiger partial charge in [0.05, 0.1) is 11.9 Å². The molecule has 1 aliphatic carbocycles. The van der Waals surface area contributed by atoms with E-state index >= 15 is 0 Å². The van der Waals surface area contributed by atoms with Crippen LogP contribution in [0.5, 0.6) is 0 Å². The Labute approximate surface area is 71.5 Å². The van der Waals surface area contributed by atoms with Crippen LogP contribution in [-0.4, -0.2) is 10.7 Å². The van der Waals surface area contributed by atoms with Gasteiger partial charge in [0.2, 0.25) is 0 Å². The molecule has 1 aromatic rings. The standard InChI is InChI=1S/C10H12O2/c1-8(10(11)4-5-10)7-9-3-2-6-12-9/h2-3,6-7,11H,4-5H2,1H3/b8-7-. The lowest BCUT2D eigenvalue weighted by Gasteiger charge is -2.05. The summed E-state index contributed by atoms with van der Waals surface area (Å²) in [6, 6.07) is 3.73. The molecule has 0 atom stereocenters. The second-order valence-electron chi connectivity index (χ2n) is 3.37. The van der Waals surface area contributed by atoms with Gasteiger partial charge in [0.15, 0.2) is 0 Å². The topological polar surface area (TPSA) is 33.4 Å². The summed E-state index contributed by atoms with van der Waals surface area (Å²) in [5, 5.41) is 9.69. The summed E-state index contributed by atoms with van der Waals surface area (Å²) in [7, 11) is 0. The van der Waals surface area contributed by atoms with Gasteiger partial charge >= 0.3 is 0 Å². The van der Waals surface area contributed by atoms with Gasteiger partial charge in [0, 0.05) is 0 Å². The molecule has 1 heterocycles. The molecule has 1 aromatic heterocycles. The van der Waals surface area contributed by atoms with Gasteiger partial charge in [-0.3, -0.25) is 0 Å². The van der Waals surface area contributed by atoms with Gasteiger partial charge in [0.1, 0.15) is 5.76 Å². The van der Waals surface area contributed by atoms with Crippen LogP contribution in [0.4, 0.5) is 0 Å².